The van der Waals surface area contributed by atoms with E-state index >= 15 is 0 Å². The molecule has 0 spiro atoms. The van der Waals surface area contributed by atoms with Crippen LogP contribution in [0.5, 0.6) is 0 Å². The summed E-state index contributed by atoms with van der Waals surface area (Å²) in [5, 5.41) is 4.82. The Morgan fingerprint density at radius 3 is 2.95 bits per heavy atom. The van der Waals surface area contributed by atoms with Crippen molar-refractivity contribution < 1.29 is 0 Å². The zero-order valence-corrected chi connectivity index (χ0v) is 14.0. The van der Waals surface area contributed by atoms with E-state index in [1.807, 2.05) is 11.3 Å². The van der Waals surface area contributed by atoms with Crippen molar-refractivity contribution in [2.24, 2.45) is 0 Å². The van der Waals surface area contributed by atoms with Gasteiger partial charge in [-0.3, -0.25) is 4.90 Å². The van der Waals surface area contributed by atoms with E-state index in [4.69, 9.17) is 0 Å². The van der Waals surface area contributed by atoms with Gasteiger partial charge in [0.2, 0.25) is 0 Å². The van der Waals surface area contributed by atoms with Crippen LogP contribution in [0.3, 0.4) is 0 Å². The number of rotatable bonds is 6. The lowest BCUT2D eigenvalue weighted by Crippen LogP contribution is -2.34. The van der Waals surface area contributed by atoms with Gasteiger partial charge in [-0.25, -0.2) is 9.97 Å². The largest absolute Gasteiger partial charge is 0.368 e. The number of likely N-dealkylation sites (N-methyl/N-ethyl adjacent to an activating group) is 1. The summed E-state index contributed by atoms with van der Waals surface area (Å²) >= 11 is 1.85. The molecule has 0 saturated carbocycles. The van der Waals surface area contributed by atoms with Crippen molar-refractivity contribution >= 4 is 27.4 Å². The molecule has 0 radical (unpaired) electrons. The Kier molecular flexibility index (Phi) is 4.40. The van der Waals surface area contributed by atoms with Crippen molar-refractivity contribution in [3.05, 3.63) is 16.8 Å². The second kappa shape index (κ2) is 6.28. The van der Waals surface area contributed by atoms with E-state index in [1.54, 1.807) is 6.33 Å². The van der Waals surface area contributed by atoms with Gasteiger partial charge in [-0.15, -0.1) is 11.3 Å². The molecule has 0 fully saturated rings. The third-order valence-electron chi connectivity index (χ3n) is 4.33. The Bertz CT molecular complexity index is 620. The number of fused-ring (bicyclic) bond motifs is 3. The smallest absolute Gasteiger partial charge is 0.138 e. The van der Waals surface area contributed by atoms with Crippen LogP contribution in [-0.2, 0) is 12.8 Å². The molecule has 4 nitrogen and oxygen atoms in total. The van der Waals surface area contributed by atoms with Gasteiger partial charge in [0.05, 0.1) is 5.39 Å². The van der Waals surface area contributed by atoms with Crippen molar-refractivity contribution in [3.8, 4) is 0 Å². The monoisotopic (exact) mass is 304 g/mol. The molecule has 0 aliphatic heterocycles. The third kappa shape index (κ3) is 2.90. The predicted molar refractivity (Wildman–Crippen MR) is 90.3 cm³/mol. The van der Waals surface area contributed by atoms with Crippen LogP contribution < -0.4 is 5.32 Å². The first kappa shape index (κ1) is 14.7. The highest BCUT2D eigenvalue weighted by atomic mass is 32.1. The molecule has 0 bridgehead atoms. The highest BCUT2D eigenvalue weighted by Crippen LogP contribution is 2.38. The van der Waals surface area contributed by atoms with E-state index in [9.17, 15) is 0 Å². The molecular weight excluding hydrogens is 280 g/mol. The van der Waals surface area contributed by atoms with Gasteiger partial charge in [-0.2, -0.15) is 0 Å². The molecule has 2 heterocycles. The number of nitrogens with one attached hydrogen (secondary N) is 1. The summed E-state index contributed by atoms with van der Waals surface area (Å²) in [6, 6.07) is 0.590. The standard InChI is InChI=1S/C16H24N4S/c1-4-20(11(2)3)9-8-17-15-14-12-6-5-7-13(12)21-16(14)19-10-18-15/h10-11H,4-9H2,1-3H3,(H,17,18,19). The number of hydrogen-bond donors (Lipinski definition) is 1. The van der Waals surface area contributed by atoms with Crippen molar-refractivity contribution in [1.82, 2.24) is 14.9 Å². The van der Waals surface area contributed by atoms with Crippen molar-refractivity contribution in [1.29, 1.82) is 0 Å². The van der Waals surface area contributed by atoms with Gasteiger partial charge in [0.25, 0.3) is 0 Å². The van der Waals surface area contributed by atoms with Crippen LogP contribution in [-0.4, -0.2) is 40.5 Å². The van der Waals surface area contributed by atoms with Crippen LogP contribution in [0.15, 0.2) is 6.33 Å². The minimum absolute atomic E-state index is 0.590. The summed E-state index contributed by atoms with van der Waals surface area (Å²) in [5.41, 5.74) is 1.49. The first-order valence-electron chi connectivity index (χ1n) is 7.93. The molecule has 0 amide bonds. The summed E-state index contributed by atoms with van der Waals surface area (Å²) < 4.78 is 0. The minimum Gasteiger partial charge on any atom is -0.368 e. The number of hydrogen-bond acceptors (Lipinski definition) is 5. The van der Waals surface area contributed by atoms with Crippen LogP contribution in [0.1, 0.15) is 37.6 Å². The first-order valence-corrected chi connectivity index (χ1v) is 8.75. The van der Waals surface area contributed by atoms with E-state index < -0.39 is 0 Å². The maximum atomic E-state index is 4.49. The molecular formula is C16H24N4S. The molecule has 3 rings (SSSR count). The summed E-state index contributed by atoms with van der Waals surface area (Å²) in [7, 11) is 0. The zero-order valence-electron chi connectivity index (χ0n) is 13.1. The van der Waals surface area contributed by atoms with Gasteiger partial charge in [0.1, 0.15) is 17.0 Å². The summed E-state index contributed by atoms with van der Waals surface area (Å²) in [6.07, 6.45) is 5.37. The maximum absolute atomic E-state index is 4.49. The fourth-order valence-corrected chi connectivity index (χ4v) is 4.39. The molecule has 0 atom stereocenters. The SMILES string of the molecule is CCN(CCNc1ncnc2sc3c(c12)CCC3)C(C)C. The lowest BCUT2D eigenvalue weighted by Gasteiger charge is -2.24. The van der Waals surface area contributed by atoms with Gasteiger partial charge in [-0.1, -0.05) is 6.92 Å². The van der Waals surface area contributed by atoms with E-state index in [0.29, 0.717) is 6.04 Å². The fourth-order valence-electron chi connectivity index (χ4n) is 3.16. The topological polar surface area (TPSA) is 41.0 Å². The first-order chi connectivity index (χ1) is 10.2. The molecule has 1 aliphatic rings. The number of anilines is 1. The number of aromatic nitrogens is 2. The van der Waals surface area contributed by atoms with Gasteiger partial charge in [0, 0.05) is 24.0 Å². The van der Waals surface area contributed by atoms with Crippen LogP contribution in [0.25, 0.3) is 10.2 Å². The molecule has 1 N–H and O–H groups in total. The summed E-state index contributed by atoms with van der Waals surface area (Å²) in [5.74, 6) is 1.03. The summed E-state index contributed by atoms with van der Waals surface area (Å²) in [4.78, 5) is 14.1. The minimum atomic E-state index is 0.590. The average molecular weight is 304 g/mol. The number of aryl methyl sites for hydroxylation is 2. The van der Waals surface area contributed by atoms with E-state index in [2.05, 4.69) is 41.0 Å². The van der Waals surface area contributed by atoms with E-state index in [1.165, 1.54) is 35.1 Å². The van der Waals surface area contributed by atoms with E-state index in [0.717, 1.165) is 30.3 Å². The van der Waals surface area contributed by atoms with Crippen LogP contribution >= 0.6 is 11.3 Å². The van der Waals surface area contributed by atoms with Crippen LogP contribution in [0.2, 0.25) is 0 Å². The van der Waals surface area contributed by atoms with E-state index in [-0.39, 0.29) is 0 Å². The molecule has 0 aromatic carbocycles. The van der Waals surface area contributed by atoms with Crippen molar-refractivity contribution in [3.63, 3.8) is 0 Å². The molecule has 21 heavy (non-hydrogen) atoms. The average Bonchev–Trinajstić information content (AvgIpc) is 3.03. The molecule has 1 aliphatic carbocycles. The quantitative estimate of drug-likeness (QED) is 0.889. The highest BCUT2D eigenvalue weighted by Gasteiger charge is 2.21. The number of nitrogens with zero attached hydrogens (tertiary/aromatic N) is 3. The maximum Gasteiger partial charge on any atom is 0.138 e. The molecule has 2 aromatic rings. The summed E-state index contributed by atoms with van der Waals surface area (Å²) in [6.45, 7) is 9.78. The molecule has 0 unspecified atom stereocenters. The number of thiophene rings is 1. The second-order valence-corrected chi connectivity index (χ2v) is 6.99. The van der Waals surface area contributed by atoms with Crippen molar-refractivity contribution in [2.45, 2.75) is 46.1 Å². The zero-order chi connectivity index (χ0) is 14.8. The second-order valence-electron chi connectivity index (χ2n) is 5.91. The Morgan fingerprint density at radius 2 is 2.19 bits per heavy atom. The third-order valence-corrected chi connectivity index (χ3v) is 5.53. The van der Waals surface area contributed by atoms with Crippen molar-refractivity contribution in [2.75, 3.05) is 25.0 Å². The molecule has 2 aromatic heterocycles. The fraction of sp³-hybridized carbons (Fsp3) is 0.625. The normalized spacial score (nSPS) is 14.3. The van der Waals surface area contributed by atoms with Gasteiger partial charge < -0.3 is 5.32 Å². The molecule has 5 heteroatoms. The molecule has 114 valence electrons. The van der Waals surface area contributed by atoms with Gasteiger partial charge >= 0.3 is 0 Å². The molecule has 0 saturated heterocycles. The predicted octanol–water partition coefficient (Wildman–Crippen LogP) is 3.32. The lowest BCUT2D eigenvalue weighted by atomic mass is 10.2. The Hall–Kier alpha value is -1.20. The van der Waals surface area contributed by atoms with Crippen LogP contribution in [0, 0.1) is 0 Å². The Morgan fingerprint density at radius 1 is 1.33 bits per heavy atom. The highest BCUT2D eigenvalue weighted by molar-refractivity contribution is 7.19. The lowest BCUT2D eigenvalue weighted by molar-refractivity contribution is 0.243. The Labute approximate surface area is 130 Å². The Balaban J connectivity index is 1.75. The van der Waals surface area contributed by atoms with Crippen LogP contribution in [0.4, 0.5) is 5.82 Å². The van der Waals surface area contributed by atoms with Gasteiger partial charge in [0.15, 0.2) is 0 Å². The van der Waals surface area contributed by atoms with Gasteiger partial charge in [-0.05, 0) is 45.2 Å².